The van der Waals surface area contributed by atoms with Gasteiger partial charge < -0.3 is 9.97 Å². The molecule has 0 saturated heterocycles. The first-order chi connectivity index (χ1) is 14.4. The first-order valence-corrected chi connectivity index (χ1v) is 9.52. The highest BCUT2D eigenvalue weighted by molar-refractivity contribution is 6.10. The number of nitrogens with one attached hydrogen (secondary N) is 2. The number of imidazole rings is 1. The summed E-state index contributed by atoms with van der Waals surface area (Å²) >= 11 is 0. The summed E-state index contributed by atoms with van der Waals surface area (Å²) in [5.41, 5.74) is 5.61. The van der Waals surface area contributed by atoms with Crippen molar-refractivity contribution < 1.29 is 14.4 Å². The maximum Gasteiger partial charge on any atom is 0.293 e. The summed E-state index contributed by atoms with van der Waals surface area (Å²) in [5.74, 6) is 0.328. The van der Waals surface area contributed by atoms with Crippen molar-refractivity contribution in [2.75, 3.05) is 14.2 Å². The van der Waals surface area contributed by atoms with Crippen LogP contribution in [0.2, 0.25) is 0 Å². The lowest BCUT2D eigenvalue weighted by molar-refractivity contribution is -0.0760. The predicted octanol–water partition coefficient (Wildman–Crippen LogP) is 4.46. The van der Waals surface area contributed by atoms with E-state index in [0.717, 1.165) is 27.9 Å². The van der Waals surface area contributed by atoms with Crippen LogP contribution in [0, 0.1) is 13.8 Å². The van der Waals surface area contributed by atoms with Gasteiger partial charge in [-0.05, 0) is 37.6 Å². The summed E-state index contributed by atoms with van der Waals surface area (Å²) in [6.45, 7) is 3.76. The van der Waals surface area contributed by atoms with Crippen molar-refractivity contribution in [3.05, 3.63) is 76.6 Å². The molecule has 2 heterocycles. The molecule has 0 aliphatic rings. The Morgan fingerprint density at radius 3 is 2.39 bits per heavy atom. The second-order valence-corrected chi connectivity index (χ2v) is 7.12. The van der Waals surface area contributed by atoms with Crippen LogP contribution in [0.3, 0.4) is 0 Å². The zero-order chi connectivity index (χ0) is 21.4. The van der Waals surface area contributed by atoms with Gasteiger partial charge in [-0.1, -0.05) is 30.3 Å². The van der Waals surface area contributed by atoms with Crippen molar-refractivity contribution in [1.82, 2.24) is 20.0 Å². The molecule has 0 bridgehead atoms. The maximum atomic E-state index is 12.8. The Kier molecular flexibility index (Phi) is 6.29. The molecule has 2 aromatic heterocycles. The number of hydroxylamine groups is 2. The van der Waals surface area contributed by atoms with Crippen LogP contribution in [0.25, 0.3) is 22.4 Å². The Morgan fingerprint density at radius 1 is 1.00 bits per heavy atom. The molecule has 0 fully saturated rings. The highest BCUT2D eigenvalue weighted by atomic mass is 35.5. The van der Waals surface area contributed by atoms with Gasteiger partial charge in [0.15, 0.2) is 5.78 Å². The fourth-order valence-corrected chi connectivity index (χ4v) is 3.58. The number of fused-ring (bicyclic) bond motifs is 1. The number of aromatic amines is 2. The standard InChI is InChI=1S/C23H22N4O3.ClH/c1-13-19(14(2)24-20(13)23(29)27(3)30-4)22-25-17-11-10-16(12-18(17)26-22)21(28)15-8-6-5-7-9-15;/h5-12,24H,1-4H3,(H,25,26);1H. The Morgan fingerprint density at radius 2 is 1.71 bits per heavy atom. The quantitative estimate of drug-likeness (QED) is 0.355. The van der Waals surface area contributed by atoms with E-state index in [1.807, 2.05) is 44.2 Å². The molecule has 160 valence electrons. The van der Waals surface area contributed by atoms with E-state index in [9.17, 15) is 9.59 Å². The number of halogens is 1. The van der Waals surface area contributed by atoms with Crippen LogP contribution in [0.5, 0.6) is 0 Å². The van der Waals surface area contributed by atoms with Gasteiger partial charge in [-0.3, -0.25) is 14.4 Å². The van der Waals surface area contributed by atoms with Gasteiger partial charge in [0.1, 0.15) is 11.5 Å². The number of nitrogens with zero attached hydrogens (tertiary/aromatic N) is 2. The minimum absolute atomic E-state index is 0. The van der Waals surface area contributed by atoms with E-state index in [1.165, 1.54) is 12.2 Å². The van der Waals surface area contributed by atoms with Gasteiger partial charge in [-0.2, -0.15) is 0 Å². The monoisotopic (exact) mass is 438 g/mol. The summed E-state index contributed by atoms with van der Waals surface area (Å²) in [7, 11) is 3.00. The molecule has 31 heavy (non-hydrogen) atoms. The fourth-order valence-electron chi connectivity index (χ4n) is 3.58. The second kappa shape index (κ2) is 8.75. The predicted molar refractivity (Wildman–Crippen MR) is 122 cm³/mol. The van der Waals surface area contributed by atoms with Gasteiger partial charge in [-0.25, -0.2) is 10.0 Å². The number of hydrogen-bond donors (Lipinski definition) is 2. The van der Waals surface area contributed by atoms with Crippen molar-refractivity contribution in [2.45, 2.75) is 13.8 Å². The van der Waals surface area contributed by atoms with Gasteiger partial charge in [0.25, 0.3) is 5.91 Å². The summed E-state index contributed by atoms with van der Waals surface area (Å²) in [6, 6.07) is 14.6. The average molecular weight is 439 g/mol. The van der Waals surface area contributed by atoms with Crippen LogP contribution in [-0.2, 0) is 4.84 Å². The molecule has 2 aromatic carbocycles. The number of ketones is 1. The number of carbonyl (C=O) groups is 2. The molecule has 0 spiro atoms. The van der Waals surface area contributed by atoms with Crippen LogP contribution < -0.4 is 0 Å². The first kappa shape index (κ1) is 22.3. The lowest BCUT2D eigenvalue weighted by Crippen LogP contribution is -2.26. The third-order valence-corrected chi connectivity index (χ3v) is 5.23. The number of amides is 1. The van der Waals surface area contributed by atoms with E-state index in [2.05, 4.69) is 15.0 Å². The minimum Gasteiger partial charge on any atom is -0.354 e. The topological polar surface area (TPSA) is 91.1 Å². The Bertz CT molecular complexity index is 1260. The molecule has 0 aliphatic heterocycles. The maximum absolute atomic E-state index is 12.8. The zero-order valence-corrected chi connectivity index (χ0v) is 18.5. The SMILES string of the molecule is CON(C)C(=O)c1[nH]c(C)c(-c2nc3ccc(C(=O)c4ccccc4)cc3[nH]2)c1C.Cl. The molecule has 0 saturated carbocycles. The summed E-state index contributed by atoms with van der Waals surface area (Å²) in [4.78, 5) is 41.4. The van der Waals surface area contributed by atoms with Crippen molar-refractivity contribution in [3.8, 4) is 11.4 Å². The first-order valence-electron chi connectivity index (χ1n) is 9.52. The molecular formula is C23H23ClN4O3. The number of rotatable bonds is 5. The van der Waals surface area contributed by atoms with Gasteiger partial charge in [0.2, 0.25) is 0 Å². The smallest absolute Gasteiger partial charge is 0.293 e. The van der Waals surface area contributed by atoms with Gasteiger partial charge in [0.05, 0.1) is 18.1 Å². The van der Waals surface area contributed by atoms with Crippen LogP contribution in [0.4, 0.5) is 0 Å². The number of aromatic nitrogens is 3. The number of carbonyl (C=O) groups excluding carboxylic acids is 2. The molecule has 0 atom stereocenters. The van der Waals surface area contributed by atoms with Crippen molar-refractivity contribution in [2.24, 2.45) is 0 Å². The van der Waals surface area contributed by atoms with E-state index >= 15 is 0 Å². The van der Waals surface area contributed by atoms with Crippen LogP contribution in [0.15, 0.2) is 48.5 Å². The third-order valence-electron chi connectivity index (χ3n) is 5.23. The third kappa shape index (κ3) is 3.97. The van der Waals surface area contributed by atoms with Crippen LogP contribution >= 0.6 is 12.4 Å². The molecule has 4 aromatic rings. The number of H-pyrrole nitrogens is 2. The second-order valence-electron chi connectivity index (χ2n) is 7.12. The van der Waals surface area contributed by atoms with E-state index in [1.54, 1.807) is 25.2 Å². The molecule has 8 heteroatoms. The van der Waals surface area contributed by atoms with E-state index < -0.39 is 0 Å². The van der Waals surface area contributed by atoms with Gasteiger partial charge in [-0.15, -0.1) is 12.4 Å². The van der Waals surface area contributed by atoms with Gasteiger partial charge >= 0.3 is 0 Å². The number of aryl methyl sites for hydroxylation is 1. The molecule has 1 amide bonds. The number of benzene rings is 2. The molecule has 4 rings (SSSR count). The minimum atomic E-state index is -0.267. The van der Waals surface area contributed by atoms with E-state index in [4.69, 9.17) is 4.84 Å². The molecule has 0 aliphatic carbocycles. The normalized spacial score (nSPS) is 10.7. The summed E-state index contributed by atoms with van der Waals surface area (Å²) in [6.07, 6.45) is 0. The van der Waals surface area contributed by atoms with Gasteiger partial charge in [0, 0.05) is 29.4 Å². The molecular weight excluding hydrogens is 416 g/mol. The Balaban J connectivity index is 0.00000272. The molecule has 0 unspecified atom stereocenters. The Labute approximate surface area is 185 Å². The van der Waals surface area contributed by atoms with Crippen LogP contribution in [-0.4, -0.2) is 45.9 Å². The lowest BCUT2D eigenvalue weighted by atomic mass is 10.0. The largest absolute Gasteiger partial charge is 0.354 e. The van der Waals surface area contributed by atoms with Crippen molar-refractivity contribution >= 4 is 35.1 Å². The molecule has 7 nitrogen and oxygen atoms in total. The van der Waals surface area contributed by atoms with Crippen molar-refractivity contribution in [1.29, 1.82) is 0 Å². The fraction of sp³-hybridized carbons (Fsp3) is 0.174. The lowest BCUT2D eigenvalue weighted by Gasteiger charge is -2.12. The van der Waals surface area contributed by atoms with Crippen LogP contribution in [0.1, 0.15) is 37.7 Å². The molecule has 2 N–H and O–H groups in total. The zero-order valence-electron chi connectivity index (χ0n) is 17.6. The Hall–Kier alpha value is -3.42. The summed E-state index contributed by atoms with van der Waals surface area (Å²) in [5, 5.41) is 1.17. The highest BCUT2D eigenvalue weighted by Gasteiger charge is 2.23. The number of hydrogen-bond acceptors (Lipinski definition) is 4. The highest BCUT2D eigenvalue weighted by Crippen LogP contribution is 2.30. The van der Waals surface area contributed by atoms with E-state index in [-0.39, 0.29) is 24.1 Å². The summed E-state index contributed by atoms with van der Waals surface area (Å²) < 4.78 is 0. The van der Waals surface area contributed by atoms with Crippen molar-refractivity contribution in [3.63, 3.8) is 0 Å². The molecule has 0 radical (unpaired) electrons. The average Bonchev–Trinajstić information content (AvgIpc) is 3.31. The van der Waals surface area contributed by atoms with E-state index in [0.29, 0.717) is 22.6 Å².